The van der Waals surface area contributed by atoms with Gasteiger partial charge in [-0.1, -0.05) is 29.8 Å². The maximum atomic E-state index is 12.8. The van der Waals surface area contributed by atoms with Gasteiger partial charge in [0.1, 0.15) is 0 Å². The number of anilines is 1. The molecule has 2 aromatic carbocycles. The maximum Gasteiger partial charge on any atom is 0.243 e. The third-order valence-electron chi connectivity index (χ3n) is 4.46. The van der Waals surface area contributed by atoms with Gasteiger partial charge in [0.25, 0.3) is 0 Å². The minimum Gasteiger partial charge on any atom is -0.369 e. The highest BCUT2D eigenvalue weighted by Gasteiger charge is 2.29. The Kier molecular flexibility index (Phi) is 4.85. The minimum absolute atomic E-state index is 0.314. The third kappa shape index (κ3) is 3.29. The topological polar surface area (TPSA) is 40.6 Å². The summed E-state index contributed by atoms with van der Waals surface area (Å²) in [5.74, 6) is 0. The molecule has 1 aliphatic heterocycles. The van der Waals surface area contributed by atoms with Crippen molar-refractivity contribution in [3.05, 3.63) is 58.6 Å². The van der Waals surface area contributed by atoms with Crippen LogP contribution >= 0.6 is 11.6 Å². The van der Waals surface area contributed by atoms with Gasteiger partial charge in [0.2, 0.25) is 10.0 Å². The molecule has 0 bridgehead atoms. The monoisotopic (exact) mass is 364 g/mol. The van der Waals surface area contributed by atoms with Crippen LogP contribution in [0, 0.1) is 13.8 Å². The van der Waals surface area contributed by atoms with Crippen LogP contribution in [0.5, 0.6) is 0 Å². The van der Waals surface area contributed by atoms with Crippen molar-refractivity contribution in [1.29, 1.82) is 0 Å². The van der Waals surface area contributed by atoms with Crippen LogP contribution in [0.4, 0.5) is 5.69 Å². The van der Waals surface area contributed by atoms with Gasteiger partial charge in [-0.25, -0.2) is 8.42 Å². The smallest absolute Gasteiger partial charge is 0.243 e. The zero-order chi connectivity index (χ0) is 17.3. The first-order chi connectivity index (χ1) is 11.4. The van der Waals surface area contributed by atoms with E-state index in [1.54, 1.807) is 22.5 Å². The Morgan fingerprint density at radius 1 is 0.917 bits per heavy atom. The summed E-state index contributed by atoms with van der Waals surface area (Å²) < 4.78 is 27.2. The van der Waals surface area contributed by atoms with E-state index < -0.39 is 10.0 Å². The highest BCUT2D eigenvalue weighted by atomic mass is 35.5. The number of nitrogens with zero attached hydrogens (tertiary/aromatic N) is 2. The lowest BCUT2D eigenvalue weighted by atomic mass is 10.1. The van der Waals surface area contributed by atoms with Crippen molar-refractivity contribution in [3.8, 4) is 0 Å². The Labute approximate surface area is 148 Å². The normalized spacial score (nSPS) is 16.4. The second kappa shape index (κ2) is 6.75. The van der Waals surface area contributed by atoms with Crippen LogP contribution < -0.4 is 4.90 Å². The molecule has 6 heteroatoms. The summed E-state index contributed by atoms with van der Waals surface area (Å²) in [6.07, 6.45) is 0. The van der Waals surface area contributed by atoms with Crippen LogP contribution in [0.3, 0.4) is 0 Å². The van der Waals surface area contributed by atoms with Crippen LogP contribution in [0.1, 0.15) is 11.1 Å². The summed E-state index contributed by atoms with van der Waals surface area (Å²) in [6.45, 7) is 6.25. The summed E-state index contributed by atoms with van der Waals surface area (Å²) in [5, 5.41) is 0.582. The third-order valence-corrected chi connectivity index (χ3v) is 6.78. The predicted molar refractivity (Wildman–Crippen MR) is 98.3 cm³/mol. The molecule has 0 amide bonds. The van der Waals surface area contributed by atoms with Crippen molar-refractivity contribution in [3.63, 3.8) is 0 Å². The molecule has 0 unspecified atom stereocenters. The Morgan fingerprint density at radius 3 is 2.21 bits per heavy atom. The van der Waals surface area contributed by atoms with Gasteiger partial charge in [0.15, 0.2) is 0 Å². The second-order valence-corrected chi connectivity index (χ2v) is 8.43. The molecule has 0 atom stereocenters. The molecule has 1 saturated heterocycles. The fourth-order valence-electron chi connectivity index (χ4n) is 3.01. The number of piperazine rings is 1. The number of hydrogen-bond acceptors (Lipinski definition) is 3. The first-order valence-corrected chi connectivity index (χ1v) is 9.78. The van der Waals surface area contributed by atoms with Gasteiger partial charge in [-0.3, -0.25) is 0 Å². The standard InChI is InChI=1S/C18H21ClN2O2S/c1-14-5-3-4-6-18(14)20-9-11-21(12-10-20)24(22,23)16-7-8-17(19)15(2)13-16/h3-8,13H,9-12H2,1-2H3. The van der Waals surface area contributed by atoms with Crippen molar-refractivity contribution in [2.45, 2.75) is 18.7 Å². The van der Waals surface area contributed by atoms with E-state index in [-0.39, 0.29) is 0 Å². The Morgan fingerprint density at radius 2 is 1.58 bits per heavy atom. The fraction of sp³-hybridized carbons (Fsp3) is 0.333. The van der Waals surface area contributed by atoms with E-state index in [0.717, 1.165) is 5.56 Å². The lowest BCUT2D eigenvalue weighted by Gasteiger charge is -2.36. The summed E-state index contributed by atoms with van der Waals surface area (Å²) >= 11 is 6.00. The van der Waals surface area contributed by atoms with E-state index in [1.165, 1.54) is 11.3 Å². The van der Waals surface area contributed by atoms with Crippen molar-refractivity contribution in [1.82, 2.24) is 4.31 Å². The van der Waals surface area contributed by atoms with Gasteiger partial charge in [-0.05, 0) is 49.2 Å². The Bertz CT molecular complexity index is 844. The average molecular weight is 365 g/mol. The molecular formula is C18H21ClN2O2S. The maximum absolute atomic E-state index is 12.8. The van der Waals surface area contributed by atoms with E-state index in [0.29, 0.717) is 36.1 Å². The molecule has 0 aromatic heterocycles. The van der Waals surface area contributed by atoms with Crippen LogP contribution in [-0.4, -0.2) is 38.9 Å². The molecule has 0 saturated carbocycles. The summed E-state index contributed by atoms with van der Waals surface area (Å²) in [6, 6.07) is 13.1. The Balaban J connectivity index is 1.76. The highest BCUT2D eigenvalue weighted by Crippen LogP contribution is 2.25. The van der Waals surface area contributed by atoms with E-state index in [1.807, 2.05) is 19.1 Å². The molecule has 3 rings (SSSR count). The number of benzene rings is 2. The van der Waals surface area contributed by atoms with E-state index >= 15 is 0 Å². The van der Waals surface area contributed by atoms with E-state index in [2.05, 4.69) is 24.0 Å². The Hall–Kier alpha value is -1.56. The number of aryl methyl sites for hydroxylation is 2. The SMILES string of the molecule is Cc1cc(S(=O)(=O)N2CCN(c3ccccc3C)CC2)ccc1Cl. The molecule has 1 heterocycles. The molecule has 1 fully saturated rings. The van der Waals surface area contributed by atoms with Crippen LogP contribution in [0.25, 0.3) is 0 Å². The highest BCUT2D eigenvalue weighted by molar-refractivity contribution is 7.89. The lowest BCUT2D eigenvalue weighted by molar-refractivity contribution is 0.384. The molecular weight excluding hydrogens is 344 g/mol. The number of para-hydroxylation sites is 1. The fourth-order valence-corrected chi connectivity index (χ4v) is 4.64. The molecule has 128 valence electrons. The molecule has 0 radical (unpaired) electrons. The van der Waals surface area contributed by atoms with Crippen molar-refractivity contribution < 1.29 is 8.42 Å². The van der Waals surface area contributed by atoms with Crippen molar-refractivity contribution in [2.75, 3.05) is 31.1 Å². The summed E-state index contributed by atoms with van der Waals surface area (Å²) in [7, 11) is -3.47. The quantitative estimate of drug-likeness (QED) is 0.837. The van der Waals surface area contributed by atoms with E-state index in [9.17, 15) is 8.42 Å². The molecule has 0 spiro atoms. The molecule has 1 aliphatic rings. The molecule has 2 aromatic rings. The van der Waals surface area contributed by atoms with Gasteiger partial charge in [-0.15, -0.1) is 0 Å². The molecule has 0 aliphatic carbocycles. The number of sulfonamides is 1. The first kappa shape index (κ1) is 17.3. The van der Waals surface area contributed by atoms with Crippen LogP contribution in [0.2, 0.25) is 5.02 Å². The largest absolute Gasteiger partial charge is 0.369 e. The van der Waals surface area contributed by atoms with Gasteiger partial charge < -0.3 is 4.90 Å². The zero-order valence-electron chi connectivity index (χ0n) is 13.9. The molecule has 0 N–H and O–H groups in total. The number of rotatable bonds is 3. The van der Waals surface area contributed by atoms with Crippen LogP contribution in [0.15, 0.2) is 47.4 Å². The van der Waals surface area contributed by atoms with Gasteiger partial charge >= 0.3 is 0 Å². The summed E-state index contributed by atoms with van der Waals surface area (Å²) in [5.41, 5.74) is 3.16. The van der Waals surface area contributed by atoms with Gasteiger partial charge in [-0.2, -0.15) is 4.31 Å². The van der Waals surface area contributed by atoms with Gasteiger partial charge in [0.05, 0.1) is 4.90 Å². The van der Waals surface area contributed by atoms with Crippen LogP contribution in [-0.2, 0) is 10.0 Å². The predicted octanol–water partition coefficient (Wildman–Crippen LogP) is 3.47. The van der Waals surface area contributed by atoms with E-state index in [4.69, 9.17) is 11.6 Å². The second-order valence-electron chi connectivity index (χ2n) is 6.09. The van der Waals surface area contributed by atoms with Crippen molar-refractivity contribution in [2.24, 2.45) is 0 Å². The lowest BCUT2D eigenvalue weighted by Crippen LogP contribution is -2.48. The van der Waals surface area contributed by atoms with Gasteiger partial charge in [0, 0.05) is 36.9 Å². The minimum atomic E-state index is -3.47. The number of halogens is 1. The van der Waals surface area contributed by atoms with Crippen molar-refractivity contribution >= 4 is 27.3 Å². The first-order valence-electron chi connectivity index (χ1n) is 7.96. The molecule has 4 nitrogen and oxygen atoms in total. The summed E-state index contributed by atoms with van der Waals surface area (Å²) in [4.78, 5) is 2.56. The zero-order valence-corrected chi connectivity index (χ0v) is 15.4. The number of hydrogen-bond donors (Lipinski definition) is 0. The molecule has 24 heavy (non-hydrogen) atoms. The average Bonchev–Trinajstić information content (AvgIpc) is 2.58.